The highest BCUT2D eigenvalue weighted by Crippen LogP contribution is 2.34. The molecule has 1 aromatic rings. The maximum Gasteiger partial charge on any atom is 0.335 e. The van der Waals surface area contributed by atoms with E-state index in [9.17, 15) is 13.2 Å². The second kappa shape index (κ2) is 5.98. The summed E-state index contributed by atoms with van der Waals surface area (Å²) in [4.78, 5) is 18.2. The molecule has 0 radical (unpaired) electrons. The minimum atomic E-state index is -3.94. The molecule has 1 saturated carbocycles. The van der Waals surface area contributed by atoms with Crippen molar-refractivity contribution in [1.29, 1.82) is 0 Å². The van der Waals surface area contributed by atoms with Gasteiger partial charge in [-0.2, -0.15) is 0 Å². The molecule has 1 aliphatic carbocycles. The van der Waals surface area contributed by atoms with Gasteiger partial charge in [0.15, 0.2) is 6.10 Å². The number of hydrogen-bond acceptors (Lipinski definition) is 4. The molecule has 7 heteroatoms. The van der Waals surface area contributed by atoms with Gasteiger partial charge in [0, 0.05) is 0 Å². The third kappa shape index (κ3) is 3.85. The van der Waals surface area contributed by atoms with Gasteiger partial charge >= 0.3 is 5.97 Å². The summed E-state index contributed by atoms with van der Waals surface area (Å²) in [6, 6.07) is 6.62. The highest BCUT2D eigenvalue weighted by atomic mass is 32.2. The highest BCUT2D eigenvalue weighted by Gasteiger charge is 2.39. The smallest absolute Gasteiger partial charge is 0.335 e. The molecule has 0 aromatic heterocycles. The molecule has 0 heterocycles. The maximum absolute atomic E-state index is 12.4. The van der Waals surface area contributed by atoms with Gasteiger partial charge in [0.05, 0.1) is 4.90 Å². The number of aliphatic carboxylic acids is 1. The molecule has 1 atom stereocenters. The van der Waals surface area contributed by atoms with Crippen LogP contribution in [0.3, 0.4) is 0 Å². The summed E-state index contributed by atoms with van der Waals surface area (Å²) in [7, 11) is -3.94. The normalized spacial score (nSPS) is 17.2. The number of benzene rings is 1. The van der Waals surface area contributed by atoms with Crippen molar-refractivity contribution in [3.8, 4) is 0 Å². The van der Waals surface area contributed by atoms with E-state index in [0.717, 1.165) is 12.8 Å². The quantitative estimate of drug-likeness (QED) is 0.780. The average Bonchev–Trinajstić information content (AvgIpc) is 3.22. The highest BCUT2D eigenvalue weighted by molar-refractivity contribution is 7.89. The zero-order chi connectivity index (χ0) is 16.5. The standard InChI is InChI=1S/C15H21NO5S/c1-15(2,3)11-6-4-5-7-12(11)22(19,20)16-21-13(14(17)18)10-8-9-10/h4-7,10,13,16H,8-9H2,1-3H3,(H,17,18). The van der Waals surface area contributed by atoms with Crippen molar-refractivity contribution in [3.63, 3.8) is 0 Å². The van der Waals surface area contributed by atoms with E-state index < -0.39 is 22.1 Å². The summed E-state index contributed by atoms with van der Waals surface area (Å²) < 4.78 is 24.9. The fourth-order valence-electron chi connectivity index (χ4n) is 2.23. The van der Waals surface area contributed by atoms with Crippen molar-refractivity contribution in [2.45, 2.75) is 50.0 Å². The Bertz CT molecular complexity index is 659. The number of sulfonamides is 1. The van der Waals surface area contributed by atoms with Crippen molar-refractivity contribution in [1.82, 2.24) is 4.89 Å². The SMILES string of the molecule is CC(C)(C)c1ccccc1S(=O)(=O)NOC(C(=O)O)C1CC1. The number of carbonyl (C=O) groups is 1. The minimum Gasteiger partial charge on any atom is -0.479 e. The molecule has 0 aliphatic heterocycles. The van der Waals surface area contributed by atoms with Crippen LogP contribution in [0.15, 0.2) is 29.2 Å². The van der Waals surface area contributed by atoms with Gasteiger partial charge in [0.25, 0.3) is 10.0 Å². The summed E-state index contributed by atoms with van der Waals surface area (Å²) >= 11 is 0. The Balaban J connectivity index is 2.22. The summed E-state index contributed by atoms with van der Waals surface area (Å²) in [5.41, 5.74) is 0.276. The van der Waals surface area contributed by atoms with E-state index >= 15 is 0 Å². The molecule has 0 bridgehead atoms. The zero-order valence-electron chi connectivity index (χ0n) is 12.9. The van der Waals surface area contributed by atoms with Crippen molar-refractivity contribution in [3.05, 3.63) is 29.8 Å². The van der Waals surface area contributed by atoms with Crippen LogP contribution in [0.2, 0.25) is 0 Å². The lowest BCUT2D eigenvalue weighted by atomic mass is 9.87. The summed E-state index contributed by atoms with van der Waals surface area (Å²) in [6.07, 6.45) is 0.325. The number of carboxylic acids is 1. The van der Waals surface area contributed by atoms with Crippen molar-refractivity contribution >= 4 is 16.0 Å². The first kappa shape index (κ1) is 16.9. The van der Waals surface area contributed by atoms with E-state index in [-0.39, 0.29) is 16.2 Å². The van der Waals surface area contributed by atoms with Crippen molar-refractivity contribution in [2.24, 2.45) is 5.92 Å². The van der Waals surface area contributed by atoms with Gasteiger partial charge in [-0.25, -0.2) is 13.2 Å². The van der Waals surface area contributed by atoms with Crippen LogP contribution in [0.25, 0.3) is 0 Å². The second-order valence-corrected chi connectivity index (χ2v) is 8.16. The van der Waals surface area contributed by atoms with Crippen LogP contribution in [0.5, 0.6) is 0 Å². The lowest BCUT2D eigenvalue weighted by Gasteiger charge is -2.23. The van der Waals surface area contributed by atoms with Crippen LogP contribution < -0.4 is 4.89 Å². The minimum absolute atomic E-state index is 0.0995. The monoisotopic (exact) mass is 327 g/mol. The van der Waals surface area contributed by atoms with E-state index in [1.807, 2.05) is 25.7 Å². The van der Waals surface area contributed by atoms with E-state index in [2.05, 4.69) is 0 Å². The first-order chi connectivity index (χ1) is 10.1. The third-order valence-electron chi connectivity index (χ3n) is 3.56. The van der Waals surface area contributed by atoms with Crippen LogP contribution in [0.4, 0.5) is 0 Å². The molecule has 2 N–H and O–H groups in total. The van der Waals surface area contributed by atoms with Crippen LogP contribution in [-0.4, -0.2) is 25.6 Å². The van der Waals surface area contributed by atoms with Gasteiger partial charge in [-0.3, -0.25) is 4.84 Å². The molecule has 122 valence electrons. The summed E-state index contributed by atoms with van der Waals surface area (Å²) in [5, 5.41) is 9.08. The molecular formula is C15H21NO5S. The van der Waals surface area contributed by atoms with E-state index in [1.54, 1.807) is 18.2 Å². The molecule has 22 heavy (non-hydrogen) atoms. The molecule has 0 amide bonds. The Hall–Kier alpha value is -1.44. The molecule has 1 aliphatic rings. The number of carboxylic acid groups (broad SMARTS) is 1. The third-order valence-corrected chi connectivity index (χ3v) is 4.81. The van der Waals surface area contributed by atoms with Crippen molar-refractivity contribution in [2.75, 3.05) is 0 Å². The Labute approximate surface area is 130 Å². The Morgan fingerprint density at radius 1 is 1.32 bits per heavy atom. The predicted molar refractivity (Wildman–Crippen MR) is 80.7 cm³/mol. The van der Waals surface area contributed by atoms with Gasteiger partial charge in [0.1, 0.15) is 0 Å². The average molecular weight is 327 g/mol. The largest absolute Gasteiger partial charge is 0.479 e. The summed E-state index contributed by atoms with van der Waals surface area (Å²) in [5.74, 6) is -1.28. The molecule has 1 fully saturated rings. The van der Waals surface area contributed by atoms with Gasteiger partial charge in [-0.15, -0.1) is 0 Å². The number of hydrogen-bond donors (Lipinski definition) is 2. The molecule has 2 rings (SSSR count). The lowest BCUT2D eigenvalue weighted by Crippen LogP contribution is -2.36. The molecule has 0 saturated heterocycles. The Morgan fingerprint density at radius 3 is 2.41 bits per heavy atom. The van der Waals surface area contributed by atoms with Gasteiger partial charge in [-0.1, -0.05) is 43.9 Å². The Morgan fingerprint density at radius 2 is 1.91 bits per heavy atom. The number of nitrogens with one attached hydrogen (secondary N) is 1. The number of rotatable bonds is 6. The van der Waals surface area contributed by atoms with E-state index in [0.29, 0.717) is 5.56 Å². The van der Waals surface area contributed by atoms with E-state index in [4.69, 9.17) is 9.94 Å². The lowest BCUT2D eigenvalue weighted by molar-refractivity contribution is -0.154. The first-order valence-electron chi connectivity index (χ1n) is 7.12. The molecule has 6 nitrogen and oxygen atoms in total. The molecular weight excluding hydrogens is 306 g/mol. The topological polar surface area (TPSA) is 92.7 Å². The maximum atomic E-state index is 12.4. The second-order valence-electron chi connectivity index (χ2n) is 6.55. The predicted octanol–water partition coefficient (Wildman–Crippen LogP) is 2.06. The summed E-state index contributed by atoms with van der Waals surface area (Å²) in [6.45, 7) is 5.73. The van der Waals surface area contributed by atoms with E-state index in [1.165, 1.54) is 6.07 Å². The van der Waals surface area contributed by atoms with Crippen molar-refractivity contribution < 1.29 is 23.2 Å². The zero-order valence-corrected chi connectivity index (χ0v) is 13.7. The van der Waals surface area contributed by atoms with Crippen LogP contribution in [0.1, 0.15) is 39.2 Å². The van der Waals surface area contributed by atoms with Gasteiger partial charge < -0.3 is 5.11 Å². The Kier molecular flexibility index (Phi) is 4.60. The molecule has 0 spiro atoms. The molecule has 1 aromatic carbocycles. The van der Waals surface area contributed by atoms with Gasteiger partial charge in [0.2, 0.25) is 0 Å². The van der Waals surface area contributed by atoms with Gasteiger partial charge in [-0.05, 0) is 35.8 Å². The van der Waals surface area contributed by atoms with Crippen LogP contribution in [0, 0.1) is 5.92 Å². The van der Waals surface area contributed by atoms with Crippen LogP contribution >= 0.6 is 0 Å². The van der Waals surface area contributed by atoms with Crippen LogP contribution in [-0.2, 0) is 25.1 Å². The molecule has 1 unspecified atom stereocenters. The fraction of sp³-hybridized carbons (Fsp3) is 0.533. The fourth-order valence-corrected chi connectivity index (χ4v) is 3.47. The first-order valence-corrected chi connectivity index (χ1v) is 8.61.